The number of hydrogen-bond acceptors (Lipinski definition) is 4. The average Bonchev–Trinajstić information content (AvgIpc) is 2.14. The summed E-state index contributed by atoms with van der Waals surface area (Å²) < 4.78 is 10.4. The second kappa shape index (κ2) is 8.38. The minimum atomic E-state index is -1.09. The van der Waals surface area contributed by atoms with Gasteiger partial charge in [0.15, 0.2) is 6.29 Å². The average molecular weight is 218 g/mol. The summed E-state index contributed by atoms with van der Waals surface area (Å²) in [4.78, 5) is 21.3. The molecule has 0 spiro atoms. The second-order valence-corrected chi connectivity index (χ2v) is 2.99. The maximum Gasteiger partial charge on any atom is 0.310 e. The fraction of sp³-hybridized carbons (Fsp3) is 0.800. The van der Waals surface area contributed by atoms with Crippen molar-refractivity contribution in [2.45, 2.75) is 39.4 Å². The van der Waals surface area contributed by atoms with E-state index in [-0.39, 0.29) is 12.2 Å². The van der Waals surface area contributed by atoms with Gasteiger partial charge in [-0.05, 0) is 13.8 Å². The van der Waals surface area contributed by atoms with Gasteiger partial charge in [0.2, 0.25) is 0 Å². The Balaban J connectivity index is 3.77. The molecule has 0 aliphatic carbocycles. The van der Waals surface area contributed by atoms with Crippen molar-refractivity contribution in [3.63, 3.8) is 0 Å². The number of ketones is 1. The van der Waals surface area contributed by atoms with Crippen molar-refractivity contribution in [3.8, 4) is 0 Å². The van der Waals surface area contributed by atoms with Crippen LogP contribution < -0.4 is 0 Å². The molecule has 0 bridgehead atoms. The van der Waals surface area contributed by atoms with E-state index in [1.807, 2.05) is 13.8 Å². The fourth-order valence-electron chi connectivity index (χ4n) is 1.12. The largest absolute Gasteiger partial charge is 0.481 e. The molecule has 0 aliphatic heterocycles. The standard InChI is InChI=1S/C10H18O5/c1-3-14-10(15-4-2)6-5-8(11)7-9(12)13/h10H,3-7H2,1-2H3,(H,12,13). The SMILES string of the molecule is CCOC(CCC(=O)CC(=O)O)OCC. The monoisotopic (exact) mass is 218 g/mol. The third-order valence-corrected chi connectivity index (χ3v) is 1.71. The van der Waals surface area contributed by atoms with Crippen molar-refractivity contribution >= 4 is 11.8 Å². The van der Waals surface area contributed by atoms with Crippen molar-refractivity contribution in [3.05, 3.63) is 0 Å². The first kappa shape index (κ1) is 14.1. The van der Waals surface area contributed by atoms with Gasteiger partial charge in [-0.2, -0.15) is 0 Å². The summed E-state index contributed by atoms with van der Waals surface area (Å²) >= 11 is 0. The van der Waals surface area contributed by atoms with Gasteiger partial charge < -0.3 is 14.6 Å². The van der Waals surface area contributed by atoms with Crippen LogP contribution in [-0.4, -0.2) is 36.4 Å². The molecule has 15 heavy (non-hydrogen) atoms. The van der Waals surface area contributed by atoms with E-state index in [9.17, 15) is 9.59 Å². The van der Waals surface area contributed by atoms with E-state index in [4.69, 9.17) is 14.6 Å². The van der Waals surface area contributed by atoms with Crippen LogP contribution in [0.4, 0.5) is 0 Å². The lowest BCUT2D eigenvalue weighted by atomic mass is 10.1. The molecular weight excluding hydrogens is 200 g/mol. The summed E-state index contributed by atoms with van der Waals surface area (Å²) in [7, 11) is 0. The van der Waals surface area contributed by atoms with Crippen LogP contribution in [0.15, 0.2) is 0 Å². The quantitative estimate of drug-likeness (QED) is 0.465. The molecule has 0 aromatic heterocycles. The van der Waals surface area contributed by atoms with Gasteiger partial charge in [-0.15, -0.1) is 0 Å². The van der Waals surface area contributed by atoms with E-state index in [0.29, 0.717) is 19.6 Å². The molecule has 5 heteroatoms. The van der Waals surface area contributed by atoms with Gasteiger partial charge in [-0.25, -0.2) is 0 Å². The molecule has 0 amide bonds. The molecule has 0 saturated carbocycles. The van der Waals surface area contributed by atoms with Gasteiger partial charge in [0.05, 0.1) is 0 Å². The van der Waals surface area contributed by atoms with Gasteiger partial charge in [0.1, 0.15) is 12.2 Å². The third-order valence-electron chi connectivity index (χ3n) is 1.71. The predicted octanol–water partition coefficient (Wildman–Crippen LogP) is 1.21. The number of carboxylic acids is 1. The zero-order chi connectivity index (χ0) is 11.7. The van der Waals surface area contributed by atoms with Crippen molar-refractivity contribution in [1.82, 2.24) is 0 Å². The molecule has 0 aromatic rings. The normalized spacial score (nSPS) is 10.6. The van der Waals surface area contributed by atoms with Gasteiger partial charge in [0.25, 0.3) is 0 Å². The summed E-state index contributed by atoms with van der Waals surface area (Å²) in [6.45, 7) is 4.70. The van der Waals surface area contributed by atoms with Gasteiger partial charge in [-0.1, -0.05) is 0 Å². The van der Waals surface area contributed by atoms with Crippen LogP contribution in [0, 0.1) is 0 Å². The number of ether oxygens (including phenoxy) is 2. The van der Waals surface area contributed by atoms with Crippen molar-refractivity contribution in [1.29, 1.82) is 0 Å². The van der Waals surface area contributed by atoms with Gasteiger partial charge in [0, 0.05) is 26.1 Å². The van der Waals surface area contributed by atoms with Gasteiger partial charge in [-0.3, -0.25) is 9.59 Å². The highest BCUT2D eigenvalue weighted by molar-refractivity contribution is 5.94. The molecule has 0 fully saturated rings. The first-order valence-electron chi connectivity index (χ1n) is 5.06. The molecule has 0 radical (unpaired) electrons. The molecule has 0 unspecified atom stereocenters. The highest BCUT2D eigenvalue weighted by atomic mass is 16.7. The molecule has 5 nitrogen and oxygen atoms in total. The summed E-state index contributed by atoms with van der Waals surface area (Å²) in [6.07, 6.45) is -0.242. The van der Waals surface area contributed by atoms with E-state index in [1.165, 1.54) is 0 Å². The zero-order valence-electron chi connectivity index (χ0n) is 9.19. The van der Waals surface area contributed by atoms with Crippen molar-refractivity contribution in [2.75, 3.05) is 13.2 Å². The minimum absolute atomic E-state index is 0.178. The lowest BCUT2D eigenvalue weighted by molar-refractivity contribution is -0.147. The molecule has 0 aromatic carbocycles. The predicted molar refractivity (Wildman–Crippen MR) is 53.5 cm³/mol. The number of Topliss-reactive ketones (excluding diaryl/α,β-unsaturated/α-hetero) is 1. The lowest BCUT2D eigenvalue weighted by Gasteiger charge is -2.15. The van der Waals surface area contributed by atoms with Crippen molar-refractivity contribution in [2.24, 2.45) is 0 Å². The van der Waals surface area contributed by atoms with Gasteiger partial charge >= 0.3 is 5.97 Å². The second-order valence-electron chi connectivity index (χ2n) is 2.99. The number of carboxylic acid groups (broad SMARTS) is 1. The Bertz CT molecular complexity index is 196. The maximum absolute atomic E-state index is 11.1. The Hall–Kier alpha value is -0.940. The highest BCUT2D eigenvalue weighted by Gasteiger charge is 2.13. The molecule has 0 heterocycles. The van der Waals surface area contributed by atoms with Crippen LogP contribution in [-0.2, 0) is 19.1 Å². The topological polar surface area (TPSA) is 72.8 Å². The number of rotatable bonds is 9. The molecule has 88 valence electrons. The van der Waals surface area contributed by atoms with Crippen LogP contribution in [0.1, 0.15) is 33.1 Å². The molecule has 1 N–H and O–H groups in total. The number of carbonyl (C=O) groups is 2. The summed E-state index contributed by atoms with van der Waals surface area (Å²) in [5.74, 6) is -1.39. The number of carbonyl (C=O) groups excluding carboxylic acids is 1. The van der Waals surface area contributed by atoms with E-state index < -0.39 is 18.7 Å². The first-order chi connectivity index (χ1) is 7.10. The Morgan fingerprint density at radius 2 is 1.73 bits per heavy atom. The summed E-state index contributed by atoms with van der Waals surface area (Å²) in [5.41, 5.74) is 0. The lowest BCUT2D eigenvalue weighted by Crippen LogP contribution is -2.19. The minimum Gasteiger partial charge on any atom is -0.481 e. The Morgan fingerprint density at radius 1 is 1.20 bits per heavy atom. The van der Waals surface area contributed by atoms with Crippen LogP contribution in [0.5, 0.6) is 0 Å². The van der Waals surface area contributed by atoms with E-state index in [0.717, 1.165) is 0 Å². The van der Waals surface area contributed by atoms with Crippen LogP contribution >= 0.6 is 0 Å². The highest BCUT2D eigenvalue weighted by Crippen LogP contribution is 2.06. The Kier molecular flexibility index (Phi) is 7.85. The number of aliphatic carboxylic acids is 1. The maximum atomic E-state index is 11.1. The fourth-order valence-corrected chi connectivity index (χ4v) is 1.12. The number of hydrogen-bond donors (Lipinski definition) is 1. The van der Waals surface area contributed by atoms with Crippen LogP contribution in [0.3, 0.4) is 0 Å². The van der Waals surface area contributed by atoms with Crippen LogP contribution in [0.25, 0.3) is 0 Å². The van der Waals surface area contributed by atoms with Crippen LogP contribution in [0.2, 0.25) is 0 Å². The molecule has 0 atom stereocenters. The molecular formula is C10H18O5. The summed E-state index contributed by atoms with van der Waals surface area (Å²) in [5, 5.41) is 8.37. The van der Waals surface area contributed by atoms with E-state index in [2.05, 4.69) is 0 Å². The van der Waals surface area contributed by atoms with E-state index in [1.54, 1.807) is 0 Å². The Labute approximate surface area is 89.4 Å². The van der Waals surface area contributed by atoms with Crippen molar-refractivity contribution < 1.29 is 24.2 Å². The summed E-state index contributed by atoms with van der Waals surface area (Å²) in [6, 6.07) is 0. The smallest absolute Gasteiger partial charge is 0.310 e. The third kappa shape index (κ3) is 8.08. The Morgan fingerprint density at radius 3 is 2.13 bits per heavy atom. The molecule has 0 rings (SSSR count). The zero-order valence-corrected chi connectivity index (χ0v) is 9.19. The first-order valence-corrected chi connectivity index (χ1v) is 5.06. The van der Waals surface area contributed by atoms with E-state index >= 15 is 0 Å². The molecule has 0 saturated heterocycles. The molecule has 0 aliphatic rings.